The van der Waals surface area contributed by atoms with Crippen LogP contribution in [0.15, 0.2) is 17.5 Å². The average Bonchev–Trinajstić information content (AvgIpc) is 3.00. The molecule has 0 amide bonds. The molecule has 2 rings (SSSR count). The van der Waals surface area contributed by atoms with Gasteiger partial charge < -0.3 is 10.2 Å². The lowest BCUT2D eigenvalue weighted by molar-refractivity contribution is 0.164. The molecule has 0 aromatic carbocycles. The van der Waals surface area contributed by atoms with Crippen molar-refractivity contribution in [1.29, 1.82) is 0 Å². The maximum atomic E-state index is 3.58. The topological polar surface area (TPSA) is 15.3 Å². The van der Waals surface area contributed by atoms with Gasteiger partial charge in [0, 0.05) is 30.6 Å². The van der Waals surface area contributed by atoms with E-state index in [2.05, 4.69) is 41.7 Å². The van der Waals surface area contributed by atoms with Gasteiger partial charge in [0.1, 0.15) is 0 Å². The summed E-state index contributed by atoms with van der Waals surface area (Å²) in [5, 5.41) is 5.74. The molecule has 3 heteroatoms. The summed E-state index contributed by atoms with van der Waals surface area (Å²) in [6, 6.07) is 5.20. The van der Waals surface area contributed by atoms with E-state index in [1.807, 2.05) is 11.3 Å². The maximum Gasteiger partial charge on any atom is 0.0107 e. The van der Waals surface area contributed by atoms with Gasteiger partial charge in [-0.15, -0.1) is 11.3 Å². The second-order valence-corrected chi connectivity index (χ2v) is 7.18. The highest BCUT2D eigenvalue weighted by atomic mass is 32.1. The number of hydrogen-bond acceptors (Lipinski definition) is 3. The van der Waals surface area contributed by atoms with Gasteiger partial charge in [0.2, 0.25) is 0 Å². The van der Waals surface area contributed by atoms with Crippen molar-refractivity contribution in [3.05, 3.63) is 22.4 Å². The first-order chi connectivity index (χ1) is 9.79. The highest BCUT2D eigenvalue weighted by Gasteiger charge is 2.22. The maximum absolute atomic E-state index is 3.58. The van der Waals surface area contributed by atoms with E-state index in [9.17, 15) is 0 Å². The molecule has 114 valence electrons. The van der Waals surface area contributed by atoms with Crippen LogP contribution in [-0.2, 0) is 6.42 Å². The minimum absolute atomic E-state index is 0.830. The van der Waals surface area contributed by atoms with Crippen LogP contribution in [0.3, 0.4) is 0 Å². The molecule has 20 heavy (non-hydrogen) atoms. The highest BCUT2D eigenvalue weighted by molar-refractivity contribution is 7.09. The van der Waals surface area contributed by atoms with Crippen LogP contribution < -0.4 is 5.32 Å². The van der Waals surface area contributed by atoms with E-state index in [0.29, 0.717) is 0 Å². The first-order valence-corrected chi connectivity index (χ1v) is 9.11. The van der Waals surface area contributed by atoms with Crippen LogP contribution in [0.5, 0.6) is 0 Å². The smallest absolute Gasteiger partial charge is 0.0107 e. The molecular weight excluding hydrogens is 264 g/mol. The summed E-state index contributed by atoms with van der Waals surface area (Å²) in [5.74, 6) is 1.00. The molecule has 1 fully saturated rings. The molecule has 0 spiro atoms. The Balaban J connectivity index is 1.53. The van der Waals surface area contributed by atoms with E-state index in [0.717, 1.165) is 25.0 Å². The number of rotatable bonds is 8. The molecule has 0 aliphatic heterocycles. The van der Waals surface area contributed by atoms with Crippen molar-refractivity contribution >= 4 is 11.3 Å². The third kappa shape index (κ3) is 5.19. The summed E-state index contributed by atoms with van der Waals surface area (Å²) in [7, 11) is 2.30. The van der Waals surface area contributed by atoms with Crippen LogP contribution in [-0.4, -0.2) is 37.6 Å². The molecule has 1 N–H and O–H groups in total. The van der Waals surface area contributed by atoms with Gasteiger partial charge in [-0.2, -0.15) is 0 Å². The second-order valence-electron chi connectivity index (χ2n) is 6.14. The van der Waals surface area contributed by atoms with Gasteiger partial charge in [0.15, 0.2) is 0 Å². The molecule has 0 unspecified atom stereocenters. The Bertz CT molecular complexity index is 342. The van der Waals surface area contributed by atoms with Crippen LogP contribution in [0.2, 0.25) is 0 Å². The minimum atomic E-state index is 0.830. The number of likely N-dealkylation sites (N-methyl/N-ethyl adjacent to an activating group) is 1. The Kier molecular flexibility index (Phi) is 7.05. The zero-order valence-corrected chi connectivity index (χ0v) is 13.9. The fourth-order valence-electron chi connectivity index (χ4n) is 3.22. The van der Waals surface area contributed by atoms with Gasteiger partial charge in [0.25, 0.3) is 0 Å². The first kappa shape index (κ1) is 16.0. The molecule has 1 saturated carbocycles. The fraction of sp³-hybridized carbons (Fsp3) is 0.765. The number of thiophene rings is 1. The van der Waals surface area contributed by atoms with Gasteiger partial charge in [-0.1, -0.05) is 19.4 Å². The normalized spacial score (nSPS) is 23.4. The lowest BCUT2D eigenvalue weighted by Crippen LogP contribution is -2.39. The molecule has 0 radical (unpaired) electrons. The van der Waals surface area contributed by atoms with Crippen LogP contribution in [0, 0.1) is 5.92 Å². The van der Waals surface area contributed by atoms with Crippen LogP contribution >= 0.6 is 11.3 Å². The second kappa shape index (κ2) is 8.81. The monoisotopic (exact) mass is 294 g/mol. The van der Waals surface area contributed by atoms with Crippen LogP contribution in [0.25, 0.3) is 0 Å². The molecular formula is C17H30N2S. The van der Waals surface area contributed by atoms with E-state index in [-0.39, 0.29) is 0 Å². The van der Waals surface area contributed by atoms with E-state index in [1.165, 1.54) is 49.9 Å². The highest BCUT2D eigenvalue weighted by Crippen LogP contribution is 2.28. The Morgan fingerprint density at radius 2 is 2.05 bits per heavy atom. The lowest BCUT2D eigenvalue weighted by Gasteiger charge is -2.34. The number of nitrogens with one attached hydrogen (secondary N) is 1. The fourth-order valence-corrected chi connectivity index (χ4v) is 3.93. The van der Waals surface area contributed by atoms with Crippen LogP contribution in [0.1, 0.15) is 43.9 Å². The van der Waals surface area contributed by atoms with Crippen molar-refractivity contribution in [2.75, 3.05) is 26.7 Å². The summed E-state index contributed by atoms with van der Waals surface area (Å²) < 4.78 is 0. The van der Waals surface area contributed by atoms with E-state index in [1.54, 1.807) is 0 Å². The van der Waals surface area contributed by atoms with Crippen molar-refractivity contribution in [2.24, 2.45) is 5.92 Å². The number of hydrogen-bond donors (Lipinski definition) is 1. The Labute approximate surface area is 128 Å². The molecule has 2 nitrogen and oxygen atoms in total. The van der Waals surface area contributed by atoms with Crippen molar-refractivity contribution in [2.45, 2.75) is 51.5 Å². The lowest BCUT2D eigenvalue weighted by atomic mass is 9.84. The largest absolute Gasteiger partial charge is 0.315 e. The van der Waals surface area contributed by atoms with Crippen LogP contribution in [0.4, 0.5) is 0 Å². The van der Waals surface area contributed by atoms with E-state index < -0.39 is 0 Å². The third-order valence-corrected chi connectivity index (χ3v) is 5.72. The van der Waals surface area contributed by atoms with E-state index in [4.69, 9.17) is 0 Å². The van der Waals surface area contributed by atoms with Gasteiger partial charge in [-0.05, 0) is 56.5 Å². The Hall–Kier alpha value is -0.380. The van der Waals surface area contributed by atoms with Gasteiger partial charge >= 0.3 is 0 Å². The molecule has 0 atom stereocenters. The molecule has 1 aromatic heterocycles. The SMILES string of the molecule is CCC1CCC(N(C)CCNCCc2cccs2)CC1. The summed E-state index contributed by atoms with van der Waals surface area (Å²) in [5.41, 5.74) is 0. The Morgan fingerprint density at radius 1 is 1.25 bits per heavy atom. The Morgan fingerprint density at radius 3 is 2.70 bits per heavy atom. The average molecular weight is 295 g/mol. The standard InChI is InChI=1S/C17H30N2S/c1-3-15-6-8-16(9-7-15)19(2)13-12-18-11-10-17-5-4-14-20-17/h4-5,14-16,18H,3,6-13H2,1-2H3. The minimum Gasteiger partial charge on any atom is -0.315 e. The molecule has 0 bridgehead atoms. The molecule has 0 saturated heterocycles. The molecule has 1 aliphatic carbocycles. The van der Waals surface area contributed by atoms with Crippen molar-refractivity contribution in [3.8, 4) is 0 Å². The van der Waals surface area contributed by atoms with Crippen molar-refractivity contribution in [1.82, 2.24) is 10.2 Å². The molecule has 1 heterocycles. The van der Waals surface area contributed by atoms with E-state index >= 15 is 0 Å². The van der Waals surface area contributed by atoms with Gasteiger partial charge in [-0.3, -0.25) is 0 Å². The summed E-state index contributed by atoms with van der Waals surface area (Å²) in [6.45, 7) is 5.75. The van der Waals surface area contributed by atoms with Gasteiger partial charge in [0.05, 0.1) is 0 Å². The predicted molar refractivity (Wildman–Crippen MR) is 89.6 cm³/mol. The quantitative estimate of drug-likeness (QED) is 0.734. The summed E-state index contributed by atoms with van der Waals surface area (Å²) in [4.78, 5) is 4.06. The van der Waals surface area contributed by atoms with Gasteiger partial charge in [-0.25, -0.2) is 0 Å². The summed E-state index contributed by atoms with van der Waals surface area (Å²) >= 11 is 1.86. The third-order valence-electron chi connectivity index (χ3n) is 4.79. The van der Waals surface area contributed by atoms with Crippen molar-refractivity contribution in [3.63, 3.8) is 0 Å². The zero-order valence-electron chi connectivity index (χ0n) is 13.1. The molecule has 1 aromatic rings. The zero-order chi connectivity index (χ0) is 14.2. The molecule has 1 aliphatic rings. The van der Waals surface area contributed by atoms with Crippen molar-refractivity contribution < 1.29 is 0 Å². The first-order valence-electron chi connectivity index (χ1n) is 8.23. The summed E-state index contributed by atoms with van der Waals surface area (Å²) in [6.07, 6.45) is 8.24. The number of nitrogens with zero attached hydrogens (tertiary/aromatic N) is 1. The predicted octanol–water partition coefficient (Wildman–Crippen LogP) is 3.78.